The Morgan fingerprint density at radius 2 is 1.52 bits per heavy atom. The van der Waals surface area contributed by atoms with Gasteiger partial charge in [0.2, 0.25) is 5.91 Å². The number of fused-ring (bicyclic) bond motifs is 1. The van der Waals surface area contributed by atoms with E-state index >= 15 is 4.39 Å². The number of aromatic nitrogens is 5. The molecule has 0 bridgehead atoms. The van der Waals surface area contributed by atoms with Gasteiger partial charge in [-0.3, -0.25) is 24.7 Å². The van der Waals surface area contributed by atoms with Crippen molar-refractivity contribution in [3.8, 4) is 22.5 Å². The summed E-state index contributed by atoms with van der Waals surface area (Å²) in [5.74, 6) is -0.366. The number of rotatable bonds is 10. The lowest BCUT2D eigenvalue weighted by molar-refractivity contribution is -0.120. The first-order valence-corrected chi connectivity index (χ1v) is 21.7. The number of piperazine rings is 1. The highest BCUT2D eigenvalue weighted by atomic mass is 19.1. The van der Waals surface area contributed by atoms with Gasteiger partial charge >= 0.3 is 17.8 Å². The summed E-state index contributed by atoms with van der Waals surface area (Å²) in [5, 5.41) is 9.83. The minimum Gasteiger partial charge on any atom is -0.372 e. The van der Waals surface area contributed by atoms with E-state index < -0.39 is 17.8 Å². The maximum atomic E-state index is 15.6. The molecule has 3 aliphatic rings. The molecule has 15 nitrogen and oxygen atoms in total. The van der Waals surface area contributed by atoms with Gasteiger partial charge < -0.3 is 24.6 Å². The van der Waals surface area contributed by atoms with Crippen molar-refractivity contribution >= 4 is 45.9 Å². The largest absolute Gasteiger partial charge is 0.372 e. The van der Waals surface area contributed by atoms with E-state index in [1.54, 1.807) is 24.0 Å². The van der Waals surface area contributed by atoms with Crippen molar-refractivity contribution in [2.24, 2.45) is 5.92 Å². The zero-order chi connectivity index (χ0) is 43.8. The van der Waals surface area contributed by atoms with Crippen LogP contribution in [0, 0.1) is 11.7 Å². The third-order valence-corrected chi connectivity index (χ3v) is 12.4. The Morgan fingerprint density at radius 1 is 0.857 bits per heavy atom. The average molecular weight is 854 g/mol. The predicted molar refractivity (Wildman–Crippen MR) is 239 cm³/mol. The summed E-state index contributed by atoms with van der Waals surface area (Å²) >= 11 is 0. The highest BCUT2D eigenvalue weighted by Gasteiger charge is 2.28. The van der Waals surface area contributed by atoms with Crippen molar-refractivity contribution in [3.05, 3.63) is 102 Å². The van der Waals surface area contributed by atoms with Gasteiger partial charge in [-0.15, -0.1) is 0 Å². The number of H-pyrrole nitrogens is 1. The fourth-order valence-corrected chi connectivity index (χ4v) is 8.74. The molecule has 0 spiro atoms. The Morgan fingerprint density at radius 3 is 2.19 bits per heavy atom. The summed E-state index contributed by atoms with van der Waals surface area (Å²) in [6.45, 7) is 15.0. The number of piperidine rings is 1. The lowest BCUT2D eigenvalue weighted by Gasteiger charge is -2.40. The Labute approximate surface area is 365 Å². The number of urea groups is 1. The first-order valence-electron chi connectivity index (χ1n) is 21.7. The van der Waals surface area contributed by atoms with Crippen LogP contribution in [-0.2, 0) is 10.2 Å². The first-order chi connectivity index (χ1) is 30.4. The Kier molecular flexibility index (Phi) is 11.4. The molecule has 1 atom stereocenters. The van der Waals surface area contributed by atoms with E-state index in [0.29, 0.717) is 47.2 Å². The van der Waals surface area contributed by atoms with Crippen molar-refractivity contribution < 1.29 is 23.3 Å². The minimum atomic E-state index is -0.658. The molecule has 3 saturated heterocycles. The number of amides is 4. The van der Waals surface area contributed by atoms with Crippen LogP contribution in [0.15, 0.2) is 83.6 Å². The second-order valence-corrected chi connectivity index (χ2v) is 17.8. The molecule has 326 valence electrons. The molecular formula is C47H52FN11O4. The molecule has 3 N–H and O–H groups in total. The third-order valence-electron chi connectivity index (χ3n) is 12.4. The van der Waals surface area contributed by atoms with E-state index in [2.05, 4.69) is 86.8 Å². The average Bonchev–Trinajstić information content (AvgIpc) is 3.97. The highest BCUT2D eigenvalue weighted by molar-refractivity contribution is 6.05. The number of benzene rings is 3. The quantitative estimate of drug-likeness (QED) is 0.129. The van der Waals surface area contributed by atoms with Crippen molar-refractivity contribution in [2.75, 3.05) is 67.1 Å². The molecule has 6 aromatic rings. The standard InChI is InChI=1S/C47H52FN11O4/c1-29(51-43(61)44-54-45(55-63-44)47(2,3)4)36-14-7-32(25-38(36)48)41-37-26-39(52-42(37)50-28-49-41)31-5-8-33(9-6-31)58-23-21-56(22-24-58)27-30-15-18-57(19-16-30)34-10-12-35(13-11-34)59-20-17-40(60)53-46(59)62/h5-14,25-26,28-30H,15-24,27H2,1-4H3,(H,51,61)(H,49,50,52)(H,53,60,62). The first kappa shape index (κ1) is 41.7. The van der Waals surface area contributed by atoms with E-state index in [1.807, 2.05) is 39.0 Å². The number of carbonyl (C=O) groups excluding carboxylic acids is 3. The second kappa shape index (κ2) is 17.2. The van der Waals surface area contributed by atoms with Crippen LogP contribution in [0.4, 0.5) is 26.2 Å². The zero-order valence-electron chi connectivity index (χ0n) is 36.0. The zero-order valence-corrected chi connectivity index (χ0v) is 36.0. The molecule has 3 aliphatic heterocycles. The van der Waals surface area contributed by atoms with Gasteiger partial charge in [0, 0.05) is 103 Å². The maximum Gasteiger partial charge on any atom is 0.328 e. The number of nitrogens with zero attached hydrogens (tertiary/aromatic N) is 8. The van der Waals surface area contributed by atoms with Gasteiger partial charge in [0.05, 0.1) is 11.7 Å². The molecular weight excluding hydrogens is 802 g/mol. The van der Waals surface area contributed by atoms with Crippen LogP contribution in [-0.4, -0.2) is 100 Å². The smallest absolute Gasteiger partial charge is 0.328 e. The number of aromatic amines is 1. The topological polar surface area (TPSA) is 169 Å². The second-order valence-electron chi connectivity index (χ2n) is 17.8. The number of nitrogens with one attached hydrogen (secondary N) is 3. The van der Waals surface area contributed by atoms with Crippen LogP contribution < -0.4 is 25.3 Å². The molecule has 63 heavy (non-hydrogen) atoms. The summed E-state index contributed by atoms with van der Waals surface area (Å²) in [5.41, 5.74) is 6.84. The number of carbonyl (C=O) groups is 3. The molecule has 0 radical (unpaired) electrons. The van der Waals surface area contributed by atoms with Crippen molar-refractivity contribution in [1.82, 2.24) is 40.6 Å². The Balaban J connectivity index is 0.768. The number of hydrogen-bond donors (Lipinski definition) is 3. The van der Waals surface area contributed by atoms with Gasteiger partial charge in [0.1, 0.15) is 17.8 Å². The molecule has 4 amide bonds. The fourth-order valence-electron chi connectivity index (χ4n) is 8.74. The normalized spacial score (nSPS) is 17.3. The summed E-state index contributed by atoms with van der Waals surface area (Å²) < 4.78 is 20.8. The number of imide groups is 1. The van der Waals surface area contributed by atoms with Gasteiger partial charge in [-0.05, 0) is 79.8 Å². The van der Waals surface area contributed by atoms with E-state index in [0.717, 1.165) is 81.0 Å². The molecule has 16 heteroatoms. The summed E-state index contributed by atoms with van der Waals surface area (Å²) in [7, 11) is 0. The highest BCUT2D eigenvalue weighted by Crippen LogP contribution is 2.33. The Bertz CT molecular complexity index is 2620. The molecule has 6 heterocycles. The number of hydrogen-bond acceptors (Lipinski definition) is 11. The van der Waals surface area contributed by atoms with E-state index in [4.69, 9.17) is 4.52 Å². The Hall–Kier alpha value is -6.68. The van der Waals surface area contributed by atoms with Gasteiger partial charge in [0.15, 0.2) is 5.82 Å². The lowest BCUT2D eigenvalue weighted by Crippen LogP contribution is -2.49. The van der Waals surface area contributed by atoms with Crippen LogP contribution in [0.1, 0.15) is 75.1 Å². The molecule has 0 aliphatic carbocycles. The van der Waals surface area contributed by atoms with Crippen LogP contribution in [0.2, 0.25) is 0 Å². The number of anilines is 3. The maximum absolute atomic E-state index is 15.6. The van der Waals surface area contributed by atoms with Crippen LogP contribution in [0.3, 0.4) is 0 Å². The van der Waals surface area contributed by atoms with Gasteiger partial charge in [-0.2, -0.15) is 4.98 Å². The van der Waals surface area contributed by atoms with Crippen LogP contribution in [0.25, 0.3) is 33.5 Å². The van der Waals surface area contributed by atoms with Crippen molar-refractivity contribution in [3.63, 3.8) is 0 Å². The fraction of sp³-hybridized carbons (Fsp3) is 0.383. The molecule has 9 rings (SSSR count). The van der Waals surface area contributed by atoms with Gasteiger partial charge in [-0.1, -0.05) is 50.2 Å². The van der Waals surface area contributed by atoms with Crippen LogP contribution in [0.5, 0.6) is 0 Å². The summed E-state index contributed by atoms with van der Waals surface area (Å²) in [6.07, 6.45) is 4.08. The third kappa shape index (κ3) is 8.98. The molecule has 3 aromatic heterocycles. The number of halogens is 1. The molecule has 0 saturated carbocycles. The summed E-state index contributed by atoms with van der Waals surface area (Å²) in [6, 6.07) is 22.6. The van der Waals surface area contributed by atoms with E-state index in [1.165, 1.54) is 23.8 Å². The van der Waals surface area contributed by atoms with E-state index in [-0.39, 0.29) is 23.2 Å². The van der Waals surface area contributed by atoms with E-state index in [9.17, 15) is 14.4 Å². The minimum absolute atomic E-state index is 0.168. The van der Waals surface area contributed by atoms with Gasteiger partial charge in [-0.25, -0.2) is 19.2 Å². The summed E-state index contributed by atoms with van der Waals surface area (Å²) in [4.78, 5) is 62.3. The van der Waals surface area contributed by atoms with Crippen molar-refractivity contribution in [1.29, 1.82) is 0 Å². The SMILES string of the molecule is CC(NC(=O)c1nc(C(C)(C)C)no1)c1ccc(-c2ncnc3[nH]c(-c4ccc(N5CCN(CC6CCN(c7ccc(N8CCC(=O)NC8=O)cc7)CC6)CC5)cc4)cc23)cc1F. The predicted octanol–water partition coefficient (Wildman–Crippen LogP) is 7.09. The monoisotopic (exact) mass is 853 g/mol. The van der Waals surface area contributed by atoms with Gasteiger partial charge in [0.25, 0.3) is 0 Å². The molecule has 1 unspecified atom stereocenters. The lowest BCUT2D eigenvalue weighted by atomic mass is 9.95. The molecule has 3 aromatic carbocycles. The molecule has 3 fully saturated rings. The van der Waals surface area contributed by atoms with Crippen LogP contribution >= 0.6 is 0 Å². The van der Waals surface area contributed by atoms with Crippen molar-refractivity contribution in [2.45, 2.75) is 58.4 Å².